The van der Waals surface area contributed by atoms with E-state index in [1.807, 2.05) is 0 Å². The van der Waals surface area contributed by atoms with Crippen molar-refractivity contribution in [1.29, 1.82) is 0 Å². The zero-order valence-corrected chi connectivity index (χ0v) is 8.21. The van der Waals surface area contributed by atoms with Gasteiger partial charge in [-0.1, -0.05) is 0 Å². The summed E-state index contributed by atoms with van der Waals surface area (Å²) in [5.41, 5.74) is -0.668. The van der Waals surface area contributed by atoms with Crippen LogP contribution in [0.3, 0.4) is 0 Å². The molecule has 5 nitrogen and oxygen atoms in total. The monoisotopic (exact) mass is 194 g/mol. The van der Waals surface area contributed by atoms with E-state index >= 15 is 0 Å². The van der Waals surface area contributed by atoms with E-state index in [1.165, 1.54) is 0 Å². The maximum atomic E-state index is 9.27. The van der Waals surface area contributed by atoms with E-state index in [2.05, 4.69) is 0 Å². The molecule has 0 spiro atoms. The van der Waals surface area contributed by atoms with Crippen LogP contribution in [0.4, 0.5) is 0 Å². The lowest BCUT2D eigenvalue weighted by atomic mass is 10.0. The molecule has 1 heterocycles. The molecule has 4 N–H and O–H groups in total. The van der Waals surface area contributed by atoms with Crippen molar-refractivity contribution in [3.8, 4) is 0 Å². The van der Waals surface area contributed by atoms with Crippen molar-refractivity contribution in [2.45, 2.75) is 37.1 Å². The van der Waals surface area contributed by atoms with E-state index in [4.69, 9.17) is 9.53 Å². The predicted molar refractivity (Wildman–Crippen MR) is 43.1 cm³/mol. The van der Waals surface area contributed by atoms with Crippen molar-refractivity contribution in [2.75, 3.05) is 0 Å². The fourth-order valence-corrected chi connectivity index (χ4v) is 2.17. The molecule has 0 saturated carbocycles. The molecule has 0 bridgehead atoms. The van der Waals surface area contributed by atoms with Crippen molar-refractivity contribution in [1.82, 2.24) is 0 Å². The van der Waals surface area contributed by atoms with Crippen LogP contribution in [0.2, 0.25) is 0 Å². The van der Waals surface area contributed by atoms with Crippen LogP contribution in [-0.4, -0.2) is 60.0 Å². The molecule has 0 amide bonds. The van der Waals surface area contributed by atoms with Gasteiger partial charge in [-0.15, -0.1) is 0 Å². The number of hydrogen-bond acceptors (Lipinski definition) is 5. The van der Waals surface area contributed by atoms with Crippen molar-refractivity contribution < 1.29 is 24.9 Å². The van der Waals surface area contributed by atoms with Gasteiger partial charge in [0.15, 0.2) is 9.76 Å². The summed E-state index contributed by atoms with van der Waals surface area (Å²) in [5, 5.41) is 27.7. The molecule has 1 rings (SSSR count). The number of ether oxygens (including phenoxy) is 1. The van der Waals surface area contributed by atoms with Crippen LogP contribution in [0, 0.1) is 0 Å². The third-order valence-electron chi connectivity index (χ3n) is 2.13. The van der Waals surface area contributed by atoms with Crippen LogP contribution in [0.25, 0.3) is 0 Å². The van der Waals surface area contributed by atoms with Gasteiger partial charge < -0.3 is 24.9 Å². The standard InChI is InChI=1S/C6H14O5Si/c1-2-3(7)4(8)5(9)6(11-2)12-10/h2-10H,12H2,1H3/t2-,3-,4+,5+,6?/m0/s1. The molecule has 1 fully saturated rings. The molecule has 1 aliphatic heterocycles. The molecule has 0 radical (unpaired) electrons. The maximum absolute atomic E-state index is 9.27. The molecule has 0 aromatic rings. The minimum Gasteiger partial charge on any atom is -0.435 e. The van der Waals surface area contributed by atoms with E-state index in [1.54, 1.807) is 6.92 Å². The van der Waals surface area contributed by atoms with Crippen LogP contribution in [0.15, 0.2) is 0 Å². The molecule has 0 aromatic heterocycles. The number of aliphatic hydroxyl groups is 3. The average Bonchev–Trinajstić information content (AvgIpc) is 2.08. The Labute approximate surface area is 72.5 Å². The van der Waals surface area contributed by atoms with Gasteiger partial charge in [0, 0.05) is 0 Å². The molecule has 0 aliphatic carbocycles. The van der Waals surface area contributed by atoms with Crippen molar-refractivity contribution >= 4 is 9.76 Å². The Hall–Kier alpha value is 0.0169. The highest BCUT2D eigenvalue weighted by molar-refractivity contribution is 6.27. The van der Waals surface area contributed by atoms with Gasteiger partial charge in [-0.2, -0.15) is 0 Å². The van der Waals surface area contributed by atoms with Gasteiger partial charge in [0.25, 0.3) is 0 Å². The van der Waals surface area contributed by atoms with Gasteiger partial charge >= 0.3 is 0 Å². The Morgan fingerprint density at radius 3 is 2.17 bits per heavy atom. The number of hydrogen-bond donors (Lipinski definition) is 4. The number of rotatable bonds is 1. The molecular formula is C6H14O5Si. The third-order valence-corrected chi connectivity index (χ3v) is 3.17. The third kappa shape index (κ3) is 1.68. The van der Waals surface area contributed by atoms with Gasteiger partial charge in [0.05, 0.1) is 11.8 Å². The Bertz CT molecular complexity index is 150. The Morgan fingerprint density at radius 2 is 1.67 bits per heavy atom. The fourth-order valence-electron chi connectivity index (χ4n) is 1.29. The second-order valence-corrected chi connectivity index (χ2v) is 4.20. The summed E-state index contributed by atoms with van der Waals surface area (Å²) in [7, 11) is -1.51. The molecule has 1 unspecified atom stereocenters. The smallest absolute Gasteiger partial charge is 0.189 e. The largest absolute Gasteiger partial charge is 0.435 e. The highest BCUT2D eigenvalue weighted by Crippen LogP contribution is 2.19. The van der Waals surface area contributed by atoms with Crippen LogP contribution >= 0.6 is 0 Å². The highest BCUT2D eigenvalue weighted by Gasteiger charge is 2.41. The molecule has 72 valence electrons. The van der Waals surface area contributed by atoms with Crippen molar-refractivity contribution in [3.05, 3.63) is 0 Å². The maximum Gasteiger partial charge on any atom is 0.189 e. The van der Waals surface area contributed by atoms with Gasteiger partial charge in [-0.25, -0.2) is 0 Å². The summed E-state index contributed by atoms with van der Waals surface area (Å²) < 4.78 is 5.08. The highest BCUT2D eigenvalue weighted by atomic mass is 28.2. The SMILES string of the molecule is C[C@@H]1OC([SiH2]O)[C@H](O)[C@H](O)[C@H]1O. The van der Waals surface area contributed by atoms with E-state index < -0.39 is 39.9 Å². The summed E-state index contributed by atoms with van der Waals surface area (Å²) in [5.74, 6) is 0. The Balaban J connectivity index is 2.63. The summed E-state index contributed by atoms with van der Waals surface area (Å²) in [6, 6.07) is 0. The Morgan fingerprint density at radius 1 is 1.08 bits per heavy atom. The van der Waals surface area contributed by atoms with Crippen LogP contribution in [-0.2, 0) is 4.74 Å². The van der Waals surface area contributed by atoms with Crippen molar-refractivity contribution in [2.24, 2.45) is 0 Å². The first-order chi connectivity index (χ1) is 5.57. The van der Waals surface area contributed by atoms with Gasteiger partial charge in [0.1, 0.15) is 18.3 Å². The summed E-state index contributed by atoms with van der Waals surface area (Å²) in [6.45, 7) is 1.59. The average molecular weight is 194 g/mol. The molecule has 1 aliphatic rings. The van der Waals surface area contributed by atoms with E-state index in [9.17, 15) is 15.3 Å². The molecule has 12 heavy (non-hydrogen) atoms. The van der Waals surface area contributed by atoms with E-state index in [-0.39, 0.29) is 0 Å². The Kier molecular flexibility index (Phi) is 3.21. The summed E-state index contributed by atoms with van der Waals surface area (Å²) in [4.78, 5) is 8.84. The fraction of sp³-hybridized carbons (Fsp3) is 1.00. The zero-order chi connectivity index (χ0) is 9.30. The second-order valence-electron chi connectivity index (χ2n) is 3.03. The first-order valence-electron chi connectivity index (χ1n) is 3.88. The van der Waals surface area contributed by atoms with Crippen LogP contribution in [0.1, 0.15) is 6.92 Å². The van der Waals surface area contributed by atoms with Crippen molar-refractivity contribution in [3.63, 3.8) is 0 Å². The van der Waals surface area contributed by atoms with E-state index in [0.29, 0.717) is 0 Å². The molecule has 5 atom stereocenters. The molecule has 6 heteroatoms. The topological polar surface area (TPSA) is 90.2 Å². The quantitative estimate of drug-likeness (QED) is 0.332. The van der Waals surface area contributed by atoms with Gasteiger partial charge in [-0.05, 0) is 6.92 Å². The molecule has 0 aromatic carbocycles. The van der Waals surface area contributed by atoms with E-state index in [0.717, 1.165) is 0 Å². The first-order valence-corrected chi connectivity index (χ1v) is 5.33. The zero-order valence-electron chi connectivity index (χ0n) is 6.79. The predicted octanol–water partition coefficient (Wildman–Crippen LogP) is -3.11. The van der Waals surface area contributed by atoms with Gasteiger partial charge in [-0.3, -0.25) is 0 Å². The van der Waals surface area contributed by atoms with Crippen LogP contribution < -0.4 is 0 Å². The summed E-state index contributed by atoms with van der Waals surface area (Å²) >= 11 is 0. The lowest BCUT2D eigenvalue weighted by Crippen LogP contribution is -2.58. The van der Waals surface area contributed by atoms with Gasteiger partial charge in [0.2, 0.25) is 0 Å². The summed E-state index contributed by atoms with van der Waals surface area (Å²) in [6.07, 6.45) is -3.98. The lowest BCUT2D eigenvalue weighted by molar-refractivity contribution is -0.197. The molecule has 1 saturated heterocycles. The second kappa shape index (κ2) is 3.82. The first kappa shape index (κ1) is 10.1. The minimum atomic E-state index is -1.51. The lowest BCUT2D eigenvalue weighted by Gasteiger charge is -2.38. The van der Waals surface area contributed by atoms with Crippen LogP contribution in [0.5, 0.6) is 0 Å². The molecular weight excluding hydrogens is 180 g/mol. The number of aliphatic hydroxyl groups excluding tert-OH is 3. The minimum absolute atomic E-state index is 0.534. The normalized spacial score (nSPS) is 50.2.